The Hall–Kier alpha value is -3.18. The molecule has 0 aliphatic rings. The number of nitrogens with zero attached hydrogens (tertiary/aromatic N) is 5. The number of pyridine rings is 1. The van der Waals surface area contributed by atoms with E-state index in [0.717, 1.165) is 24.3 Å². The maximum atomic E-state index is 11.3. The number of sulfone groups is 1. The molecular formula is C22H27N5O5S. The molecule has 4 heterocycles. The van der Waals surface area contributed by atoms with Crippen molar-refractivity contribution in [2.75, 3.05) is 50.3 Å². The molecule has 0 N–H and O–H groups in total. The van der Waals surface area contributed by atoms with Crippen molar-refractivity contribution in [3.8, 4) is 17.3 Å². The van der Waals surface area contributed by atoms with E-state index in [1.807, 2.05) is 12.1 Å². The predicted molar refractivity (Wildman–Crippen MR) is 126 cm³/mol. The van der Waals surface area contributed by atoms with Crippen molar-refractivity contribution < 1.29 is 22.3 Å². The first-order chi connectivity index (χ1) is 15.9. The summed E-state index contributed by atoms with van der Waals surface area (Å²) in [7, 11) is -1.34. The van der Waals surface area contributed by atoms with Crippen LogP contribution in [0.2, 0.25) is 0 Å². The molecule has 0 atom stereocenters. The van der Waals surface area contributed by atoms with Gasteiger partial charge in [0.2, 0.25) is 5.88 Å². The first-order valence-electron chi connectivity index (χ1n) is 10.7. The van der Waals surface area contributed by atoms with Gasteiger partial charge in [-0.05, 0) is 31.5 Å². The van der Waals surface area contributed by atoms with E-state index in [-0.39, 0.29) is 12.4 Å². The van der Waals surface area contributed by atoms with Gasteiger partial charge in [0.15, 0.2) is 11.4 Å². The van der Waals surface area contributed by atoms with Crippen molar-refractivity contribution in [2.24, 2.45) is 0 Å². The quantitative estimate of drug-likeness (QED) is 0.304. The predicted octanol–water partition coefficient (Wildman–Crippen LogP) is 2.82. The molecule has 0 unspecified atom stereocenters. The van der Waals surface area contributed by atoms with E-state index in [4.69, 9.17) is 13.9 Å². The van der Waals surface area contributed by atoms with Crippen LogP contribution in [-0.4, -0.2) is 73.4 Å². The number of hydrogen-bond donors (Lipinski definition) is 0. The lowest BCUT2D eigenvalue weighted by Gasteiger charge is -2.21. The van der Waals surface area contributed by atoms with Gasteiger partial charge in [0.25, 0.3) is 0 Å². The van der Waals surface area contributed by atoms with Crippen LogP contribution in [0.4, 0.5) is 5.82 Å². The highest BCUT2D eigenvalue weighted by atomic mass is 32.2. The molecule has 33 heavy (non-hydrogen) atoms. The minimum absolute atomic E-state index is 0.0695. The summed E-state index contributed by atoms with van der Waals surface area (Å²) < 4.78 is 41.2. The SMILES string of the molecule is CCN(CCOC)c1nccc2oc(-c3cnc4ccc(OCCCS(C)(=O)=O)nn34)cc12. The number of ether oxygens (including phenoxy) is 2. The van der Waals surface area contributed by atoms with Crippen molar-refractivity contribution >= 4 is 32.3 Å². The Morgan fingerprint density at radius 2 is 2.03 bits per heavy atom. The van der Waals surface area contributed by atoms with E-state index in [1.54, 1.807) is 36.2 Å². The van der Waals surface area contributed by atoms with Gasteiger partial charge in [-0.25, -0.2) is 22.9 Å². The molecule has 0 aliphatic carbocycles. The fourth-order valence-electron chi connectivity index (χ4n) is 3.54. The number of likely N-dealkylation sites (N-methyl/N-ethyl adjacent to an activating group) is 1. The highest BCUT2D eigenvalue weighted by Crippen LogP contribution is 2.33. The van der Waals surface area contributed by atoms with Crippen LogP contribution in [0.1, 0.15) is 13.3 Å². The summed E-state index contributed by atoms with van der Waals surface area (Å²) in [4.78, 5) is 11.1. The molecule has 0 amide bonds. The van der Waals surface area contributed by atoms with Gasteiger partial charge in [-0.3, -0.25) is 0 Å². The molecular weight excluding hydrogens is 446 g/mol. The second kappa shape index (κ2) is 9.75. The number of anilines is 1. The largest absolute Gasteiger partial charge is 0.477 e. The van der Waals surface area contributed by atoms with Crippen LogP contribution in [0.3, 0.4) is 0 Å². The lowest BCUT2D eigenvalue weighted by molar-refractivity contribution is 0.205. The number of aromatic nitrogens is 4. The number of imidazole rings is 1. The van der Waals surface area contributed by atoms with E-state index in [9.17, 15) is 8.42 Å². The summed E-state index contributed by atoms with van der Waals surface area (Å²) >= 11 is 0. The van der Waals surface area contributed by atoms with E-state index in [0.29, 0.717) is 41.6 Å². The maximum Gasteiger partial charge on any atom is 0.231 e. The third-order valence-electron chi connectivity index (χ3n) is 5.17. The Bertz CT molecular complexity index is 1350. The number of hydrogen-bond acceptors (Lipinski definition) is 9. The molecule has 176 valence electrons. The fraction of sp³-hybridized carbons (Fsp3) is 0.409. The molecule has 4 rings (SSSR count). The minimum atomic E-state index is -3.02. The molecule has 0 spiro atoms. The zero-order valence-electron chi connectivity index (χ0n) is 18.9. The topological polar surface area (TPSA) is 112 Å². The van der Waals surface area contributed by atoms with Crippen LogP contribution >= 0.6 is 0 Å². The van der Waals surface area contributed by atoms with E-state index < -0.39 is 9.84 Å². The van der Waals surface area contributed by atoms with Crippen LogP contribution in [0.15, 0.2) is 41.1 Å². The molecule has 10 nitrogen and oxygen atoms in total. The van der Waals surface area contributed by atoms with Gasteiger partial charge in [-0.15, -0.1) is 5.10 Å². The fourth-order valence-corrected chi connectivity index (χ4v) is 4.18. The smallest absolute Gasteiger partial charge is 0.231 e. The molecule has 0 aliphatic heterocycles. The number of methoxy groups -OCH3 is 1. The molecule has 4 aromatic rings. The number of fused-ring (bicyclic) bond motifs is 2. The number of furan rings is 1. The Balaban J connectivity index is 1.63. The molecule has 11 heteroatoms. The highest BCUT2D eigenvalue weighted by Gasteiger charge is 2.18. The summed E-state index contributed by atoms with van der Waals surface area (Å²) in [5.41, 5.74) is 2.03. The lowest BCUT2D eigenvalue weighted by Crippen LogP contribution is -2.27. The van der Waals surface area contributed by atoms with Gasteiger partial charge >= 0.3 is 0 Å². The monoisotopic (exact) mass is 473 g/mol. The van der Waals surface area contributed by atoms with Gasteiger partial charge in [0, 0.05) is 38.7 Å². The van der Waals surface area contributed by atoms with Crippen molar-refractivity contribution in [3.05, 3.63) is 36.7 Å². The van der Waals surface area contributed by atoms with E-state index >= 15 is 0 Å². The molecule has 0 aromatic carbocycles. The zero-order valence-corrected chi connectivity index (χ0v) is 19.7. The first kappa shape index (κ1) is 23.0. The highest BCUT2D eigenvalue weighted by molar-refractivity contribution is 7.90. The van der Waals surface area contributed by atoms with E-state index in [2.05, 4.69) is 26.9 Å². The summed E-state index contributed by atoms with van der Waals surface area (Å²) in [6, 6.07) is 7.28. The van der Waals surface area contributed by atoms with Crippen LogP contribution in [0.5, 0.6) is 5.88 Å². The average molecular weight is 474 g/mol. The van der Waals surface area contributed by atoms with Gasteiger partial charge < -0.3 is 18.8 Å². The summed E-state index contributed by atoms with van der Waals surface area (Å²) in [6.07, 6.45) is 5.03. The lowest BCUT2D eigenvalue weighted by atomic mass is 10.2. The molecule has 0 bridgehead atoms. The molecule has 0 saturated heterocycles. The number of rotatable bonds is 11. The van der Waals surface area contributed by atoms with Crippen molar-refractivity contribution in [1.29, 1.82) is 0 Å². The summed E-state index contributed by atoms with van der Waals surface area (Å²) in [6.45, 7) is 4.43. The van der Waals surface area contributed by atoms with Crippen LogP contribution in [0.25, 0.3) is 28.1 Å². The summed E-state index contributed by atoms with van der Waals surface area (Å²) in [5.74, 6) is 1.89. The van der Waals surface area contributed by atoms with Crippen LogP contribution < -0.4 is 9.64 Å². The van der Waals surface area contributed by atoms with Crippen molar-refractivity contribution in [1.82, 2.24) is 19.6 Å². The van der Waals surface area contributed by atoms with Gasteiger partial charge in [0.05, 0.1) is 30.5 Å². The normalized spacial score (nSPS) is 12.0. The minimum Gasteiger partial charge on any atom is -0.477 e. The second-order valence-corrected chi connectivity index (χ2v) is 9.91. The Morgan fingerprint density at radius 1 is 1.18 bits per heavy atom. The molecule has 0 fully saturated rings. The van der Waals surface area contributed by atoms with E-state index in [1.165, 1.54) is 6.26 Å². The maximum absolute atomic E-state index is 11.3. The standard InChI is InChI=1S/C22H27N5O5S/c1-4-26(10-12-30-2)22-16-14-19(32-18(16)8-9-23-22)17-15-24-20-6-7-21(25-27(17)20)31-11-5-13-33(3,28)29/h6-9,14-15H,4-5,10-13H2,1-3H3. The van der Waals surface area contributed by atoms with Gasteiger partial charge in [-0.2, -0.15) is 0 Å². The Morgan fingerprint density at radius 3 is 2.79 bits per heavy atom. The van der Waals surface area contributed by atoms with Crippen LogP contribution in [0, 0.1) is 0 Å². The Kier molecular flexibility index (Phi) is 6.80. The first-order valence-corrected chi connectivity index (χ1v) is 12.7. The van der Waals surface area contributed by atoms with Gasteiger partial charge in [0.1, 0.15) is 26.9 Å². The average Bonchev–Trinajstić information content (AvgIpc) is 3.40. The second-order valence-electron chi connectivity index (χ2n) is 7.65. The van der Waals surface area contributed by atoms with Gasteiger partial charge in [-0.1, -0.05) is 0 Å². The molecule has 0 saturated carbocycles. The molecule has 4 aromatic heterocycles. The Labute approximate surface area is 192 Å². The zero-order chi connectivity index (χ0) is 23.4. The molecule has 0 radical (unpaired) electrons. The van der Waals surface area contributed by atoms with Crippen LogP contribution in [-0.2, 0) is 14.6 Å². The van der Waals surface area contributed by atoms with Crippen molar-refractivity contribution in [2.45, 2.75) is 13.3 Å². The third kappa shape index (κ3) is 5.25. The third-order valence-corrected chi connectivity index (χ3v) is 6.20. The summed E-state index contributed by atoms with van der Waals surface area (Å²) in [5, 5.41) is 5.41. The van der Waals surface area contributed by atoms with Crippen molar-refractivity contribution in [3.63, 3.8) is 0 Å².